The van der Waals surface area contributed by atoms with Gasteiger partial charge in [-0.25, -0.2) is 0 Å². The topological polar surface area (TPSA) is 187 Å². The maximum atomic E-state index is 11.2. The summed E-state index contributed by atoms with van der Waals surface area (Å²) >= 11 is 0. The van der Waals surface area contributed by atoms with Gasteiger partial charge in [-0.15, -0.1) is 4.68 Å². The van der Waals surface area contributed by atoms with Crippen LogP contribution in [0.4, 0.5) is 5.95 Å². The van der Waals surface area contributed by atoms with Gasteiger partial charge >= 0.3 is 17.7 Å². The van der Waals surface area contributed by atoms with Gasteiger partial charge in [0.05, 0.1) is 6.61 Å². The Hall–Kier alpha value is -2.15. The third kappa shape index (κ3) is 2.20. The molecule has 5 N–H and O–H groups in total. The van der Waals surface area contributed by atoms with E-state index in [9.17, 15) is 25.1 Å². The Labute approximate surface area is 110 Å². The molecule has 0 saturated carbocycles. The van der Waals surface area contributed by atoms with Crippen LogP contribution in [0.15, 0.2) is 0 Å². The molecular weight excluding hydrogens is 278 g/mol. The summed E-state index contributed by atoms with van der Waals surface area (Å²) in [6.45, 7) is -0.600. The first-order chi connectivity index (χ1) is 9.36. The summed E-state index contributed by atoms with van der Waals surface area (Å²) in [5.74, 6) is -2.63. The van der Waals surface area contributed by atoms with Crippen LogP contribution in [-0.2, 0) is 4.74 Å². The van der Waals surface area contributed by atoms with Crippen molar-refractivity contribution >= 4 is 11.9 Å². The van der Waals surface area contributed by atoms with E-state index >= 15 is 0 Å². The number of hydrogen-bond donors (Lipinski definition) is 4. The number of primary amides is 1. The maximum Gasteiger partial charge on any atom is 0.491 e. The monoisotopic (exact) mass is 289 g/mol. The van der Waals surface area contributed by atoms with Crippen molar-refractivity contribution in [1.82, 2.24) is 14.8 Å². The molecule has 1 aromatic rings. The van der Waals surface area contributed by atoms with Crippen molar-refractivity contribution in [2.24, 2.45) is 5.73 Å². The van der Waals surface area contributed by atoms with Crippen molar-refractivity contribution in [2.45, 2.75) is 24.5 Å². The largest absolute Gasteiger partial charge is 0.491 e. The predicted molar refractivity (Wildman–Crippen MR) is 58.2 cm³/mol. The van der Waals surface area contributed by atoms with Crippen molar-refractivity contribution in [3.05, 3.63) is 15.9 Å². The number of aliphatic hydroxyl groups excluding tert-OH is 3. The van der Waals surface area contributed by atoms with E-state index < -0.39 is 53.7 Å². The van der Waals surface area contributed by atoms with Gasteiger partial charge in [-0.2, -0.15) is 0 Å². The summed E-state index contributed by atoms with van der Waals surface area (Å²) in [6.07, 6.45) is -5.56. The second-order valence-corrected chi connectivity index (χ2v) is 4.03. The number of rotatable bonds is 4. The average Bonchev–Trinajstić information content (AvgIpc) is 2.93. The molecule has 0 aliphatic carbocycles. The van der Waals surface area contributed by atoms with Crippen LogP contribution in [0, 0.1) is 10.1 Å². The molecule has 1 aliphatic heterocycles. The highest BCUT2D eigenvalue weighted by molar-refractivity contribution is 5.89. The number of hydrogen-bond acceptors (Lipinski definition) is 9. The lowest BCUT2D eigenvalue weighted by Gasteiger charge is -2.12. The minimum absolute atomic E-state index is 0.600. The van der Waals surface area contributed by atoms with E-state index in [0.29, 0.717) is 4.68 Å². The normalized spacial score (nSPS) is 29.6. The number of carbonyl (C=O) groups excluding carboxylic acids is 1. The maximum absolute atomic E-state index is 11.2. The molecule has 2 heterocycles. The molecule has 20 heavy (non-hydrogen) atoms. The number of nitrogens with zero attached hydrogens (tertiary/aromatic N) is 4. The molecule has 0 spiro atoms. The first kappa shape index (κ1) is 14.3. The summed E-state index contributed by atoms with van der Waals surface area (Å²) in [7, 11) is 0. The van der Waals surface area contributed by atoms with Gasteiger partial charge in [-0.05, 0) is 9.91 Å². The van der Waals surface area contributed by atoms with Crippen LogP contribution < -0.4 is 5.73 Å². The average molecular weight is 289 g/mol. The van der Waals surface area contributed by atoms with Gasteiger partial charge in [0.2, 0.25) is 0 Å². The van der Waals surface area contributed by atoms with Gasteiger partial charge in [0.25, 0.3) is 0 Å². The Morgan fingerprint density at radius 2 is 2.15 bits per heavy atom. The van der Waals surface area contributed by atoms with E-state index in [2.05, 4.69) is 10.1 Å². The lowest BCUT2D eigenvalue weighted by atomic mass is 10.1. The Bertz CT molecular complexity index is 545. The third-order valence-corrected chi connectivity index (χ3v) is 2.76. The fourth-order valence-electron chi connectivity index (χ4n) is 1.82. The Morgan fingerprint density at radius 1 is 1.50 bits per heavy atom. The second-order valence-electron chi connectivity index (χ2n) is 4.03. The molecule has 0 unspecified atom stereocenters. The van der Waals surface area contributed by atoms with Gasteiger partial charge in [-0.3, -0.25) is 4.79 Å². The van der Waals surface area contributed by atoms with Crippen LogP contribution in [0.2, 0.25) is 0 Å². The zero-order valence-electron chi connectivity index (χ0n) is 9.86. The number of aliphatic hydroxyl groups is 3. The van der Waals surface area contributed by atoms with Gasteiger partial charge in [0.1, 0.15) is 18.3 Å². The molecule has 4 atom stereocenters. The molecule has 12 nitrogen and oxygen atoms in total. The predicted octanol–water partition coefficient (Wildman–Crippen LogP) is -3.10. The number of nitrogens with two attached hydrogens (primary N) is 1. The highest BCUT2D eigenvalue weighted by atomic mass is 16.6. The fourth-order valence-corrected chi connectivity index (χ4v) is 1.82. The molecular formula is C8H11N5O7. The number of aromatic nitrogens is 3. The summed E-state index contributed by atoms with van der Waals surface area (Å²) < 4.78 is 5.70. The van der Waals surface area contributed by atoms with E-state index in [1.54, 1.807) is 0 Å². The summed E-state index contributed by atoms with van der Waals surface area (Å²) in [6, 6.07) is 0. The molecule has 1 amide bonds. The molecule has 12 heteroatoms. The number of nitro groups is 1. The molecule has 1 fully saturated rings. The summed E-state index contributed by atoms with van der Waals surface area (Å²) in [5, 5.41) is 42.3. The van der Waals surface area contributed by atoms with Crippen molar-refractivity contribution < 1.29 is 29.8 Å². The van der Waals surface area contributed by atoms with E-state index in [4.69, 9.17) is 15.6 Å². The zero-order chi connectivity index (χ0) is 15.0. The van der Waals surface area contributed by atoms with Crippen LogP contribution in [-0.4, -0.2) is 65.8 Å². The van der Waals surface area contributed by atoms with Crippen LogP contribution >= 0.6 is 0 Å². The van der Waals surface area contributed by atoms with Gasteiger partial charge in [0.15, 0.2) is 6.23 Å². The van der Waals surface area contributed by atoms with Crippen LogP contribution in [0.1, 0.15) is 16.8 Å². The third-order valence-electron chi connectivity index (χ3n) is 2.76. The second kappa shape index (κ2) is 5.09. The summed E-state index contributed by atoms with van der Waals surface area (Å²) in [4.78, 5) is 24.1. The molecule has 0 aromatic carbocycles. The van der Waals surface area contributed by atoms with Crippen molar-refractivity contribution in [1.29, 1.82) is 0 Å². The van der Waals surface area contributed by atoms with Gasteiger partial charge in [0, 0.05) is 5.10 Å². The lowest BCUT2D eigenvalue weighted by Crippen LogP contribution is -2.34. The van der Waals surface area contributed by atoms with Crippen molar-refractivity contribution in [3.8, 4) is 0 Å². The number of carbonyl (C=O) groups is 1. The SMILES string of the molecule is NC(=O)c1nc([N+](=O)[O-])nn1[C@@H]1O[C@H](CO)[C@@H](O)[C@H]1O. The fraction of sp³-hybridized carbons (Fsp3) is 0.625. The molecule has 1 aliphatic rings. The zero-order valence-corrected chi connectivity index (χ0v) is 9.86. The minimum Gasteiger partial charge on any atom is -0.394 e. The molecule has 0 radical (unpaired) electrons. The molecule has 1 saturated heterocycles. The number of ether oxygens (including phenoxy) is 1. The first-order valence-corrected chi connectivity index (χ1v) is 5.40. The number of amides is 1. The quantitative estimate of drug-likeness (QED) is 0.328. The van der Waals surface area contributed by atoms with E-state index in [0.717, 1.165) is 0 Å². The Morgan fingerprint density at radius 3 is 2.60 bits per heavy atom. The summed E-state index contributed by atoms with van der Waals surface area (Å²) in [5.41, 5.74) is 5.01. The van der Waals surface area contributed by atoms with Crippen LogP contribution in [0.25, 0.3) is 0 Å². The van der Waals surface area contributed by atoms with E-state index in [-0.39, 0.29) is 0 Å². The molecule has 2 rings (SSSR count). The Kier molecular flexibility index (Phi) is 3.63. The van der Waals surface area contributed by atoms with E-state index in [1.165, 1.54) is 0 Å². The van der Waals surface area contributed by atoms with Crippen molar-refractivity contribution in [3.63, 3.8) is 0 Å². The molecule has 1 aromatic heterocycles. The van der Waals surface area contributed by atoms with Gasteiger partial charge < -0.3 is 35.9 Å². The van der Waals surface area contributed by atoms with Crippen LogP contribution in [0.5, 0.6) is 0 Å². The van der Waals surface area contributed by atoms with Crippen LogP contribution in [0.3, 0.4) is 0 Å². The highest BCUT2D eigenvalue weighted by Crippen LogP contribution is 2.30. The highest BCUT2D eigenvalue weighted by Gasteiger charge is 2.47. The molecule has 110 valence electrons. The smallest absolute Gasteiger partial charge is 0.394 e. The Balaban J connectivity index is 2.42. The first-order valence-electron chi connectivity index (χ1n) is 5.40. The molecule has 0 bridgehead atoms. The standard InChI is InChI=1S/C8H11N5O7/c9-5(17)6-10-8(13(18)19)11-12(6)7-4(16)3(15)2(1-14)20-7/h2-4,7,14-16H,1H2,(H2,9,17)/t2-,3-,4-,7-/m1/s1. The van der Waals surface area contributed by atoms with E-state index in [1.807, 2.05) is 0 Å². The minimum atomic E-state index is -1.56. The van der Waals surface area contributed by atoms with Gasteiger partial charge in [-0.1, -0.05) is 0 Å². The van der Waals surface area contributed by atoms with Crippen molar-refractivity contribution in [2.75, 3.05) is 6.61 Å². The lowest BCUT2D eigenvalue weighted by molar-refractivity contribution is -0.394.